The minimum Gasteiger partial charge on any atom is -0.349 e. The van der Waals surface area contributed by atoms with Crippen LogP contribution in [0.15, 0.2) is 29.3 Å². The van der Waals surface area contributed by atoms with Crippen LogP contribution >= 0.6 is 0 Å². The van der Waals surface area contributed by atoms with Gasteiger partial charge < -0.3 is 5.32 Å². The smallest absolute Gasteiger partial charge is 0.270 e. The Morgan fingerprint density at radius 1 is 1.19 bits per heavy atom. The maximum Gasteiger partial charge on any atom is 0.270 e. The van der Waals surface area contributed by atoms with Gasteiger partial charge in [-0.25, -0.2) is 4.98 Å². The number of aryl methyl sites for hydroxylation is 1. The lowest BCUT2D eigenvalue weighted by molar-refractivity contribution is -0.0688. The zero-order valence-electron chi connectivity index (χ0n) is 16.1. The maximum atomic E-state index is 12.9. The minimum atomic E-state index is -0.293. The number of amides is 1. The second-order valence-corrected chi connectivity index (χ2v) is 9.39. The standard InChI is InChI=1S/C22H27N3O2/c1-13-3-4-19-23-11-18(21(27)25(19)12-13)20(26)24-14(2)22-8-15-5-16(9-22)7-17(6-15)10-22/h3-4,11-12,14-17H,5-10H2,1-2H3,(H,24,26). The molecule has 1 unspecified atom stereocenters. The van der Waals surface area contributed by atoms with Gasteiger partial charge in [-0.3, -0.25) is 14.0 Å². The van der Waals surface area contributed by atoms with E-state index < -0.39 is 0 Å². The Bertz CT molecular complexity index is 942. The molecular formula is C22H27N3O2. The van der Waals surface area contributed by atoms with Crippen molar-refractivity contribution in [2.75, 3.05) is 0 Å². The molecule has 2 heterocycles. The second-order valence-electron chi connectivity index (χ2n) is 9.39. The zero-order valence-corrected chi connectivity index (χ0v) is 16.1. The molecule has 4 fully saturated rings. The second kappa shape index (κ2) is 5.91. The molecule has 0 aromatic carbocycles. The van der Waals surface area contributed by atoms with Crippen molar-refractivity contribution in [2.45, 2.75) is 58.4 Å². The number of hydrogen-bond donors (Lipinski definition) is 1. The molecule has 1 amide bonds. The molecule has 5 nitrogen and oxygen atoms in total. The molecule has 5 heteroatoms. The Labute approximate surface area is 159 Å². The Hall–Kier alpha value is -2.17. The fourth-order valence-electron chi connectivity index (χ4n) is 6.47. The monoisotopic (exact) mass is 365 g/mol. The van der Waals surface area contributed by atoms with Gasteiger partial charge in [0.1, 0.15) is 11.2 Å². The van der Waals surface area contributed by atoms with E-state index in [4.69, 9.17) is 0 Å². The van der Waals surface area contributed by atoms with Gasteiger partial charge in [-0.05, 0) is 87.2 Å². The van der Waals surface area contributed by atoms with Crippen LogP contribution in [0.25, 0.3) is 5.65 Å². The van der Waals surface area contributed by atoms with E-state index >= 15 is 0 Å². The van der Waals surface area contributed by atoms with Gasteiger partial charge in [0.15, 0.2) is 0 Å². The fraction of sp³-hybridized carbons (Fsp3) is 0.591. The van der Waals surface area contributed by atoms with Crippen LogP contribution in [0.4, 0.5) is 0 Å². The number of carbonyl (C=O) groups is 1. The van der Waals surface area contributed by atoms with Crippen LogP contribution in [-0.4, -0.2) is 21.3 Å². The maximum absolute atomic E-state index is 12.9. The van der Waals surface area contributed by atoms with E-state index in [0.29, 0.717) is 5.65 Å². The molecule has 4 saturated carbocycles. The molecule has 1 N–H and O–H groups in total. The topological polar surface area (TPSA) is 63.5 Å². The van der Waals surface area contributed by atoms with Crippen LogP contribution in [0.2, 0.25) is 0 Å². The molecule has 0 radical (unpaired) electrons. The summed E-state index contributed by atoms with van der Waals surface area (Å²) in [5.41, 5.74) is 1.59. The highest BCUT2D eigenvalue weighted by Crippen LogP contribution is 2.61. The van der Waals surface area contributed by atoms with Crippen molar-refractivity contribution in [3.8, 4) is 0 Å². The van der Waals surface area contributed by atoms with E-state index in [9.17, 15) is 9.59 Å². The Morgan fingerprint density at radius 2 is 1.81 bits per heavy atom. The minimum absolute atomic E-state index is 0.0935. The largest absolute Gasteiger partial charge is 0.349 e. The summed E-state index contributed by atoms with van der Waals surface area (Å²) in [5, 5.41) is 3.18. The van der Waals surface area contributed by atoms with E-state index in [-0.39, 0.29) is 28.5 Å². The van der Waals surface area contributed by atoms with Crippen molar-refractivity contribution in [2.24, 2.45) is 23.2 Å². The van der Waals surface area contributed by atoms with Crippen molar-refractivity contribution in [1.29, 1.82) is 0 Å². The molecule has 0 aliphatic heterocycles. The average Bonchev–Trinajstić information content (AvgIpc) is 2.61. The van der Waals surface area contributed by atoms with Gasteiger partial charge in [0.2, 0.25) is 0 Å². The van der Waals surface area contributed by atoms with Gasteiger partial charge in [-0.15, -0.1) is 0 Å². The van der Waals surface area contributed by atoms with Crippen molar-refractivity contribution < 1.29 is 4.79 Å². The summed E-state index contributed by atoms with van der Waals surface area (Å²) >= 11 is 0. The van der Waals surface area contributed by atoms with Gasteiger partial charge >= 0.3 is 0 Å². The molecule has 27 heavy (non-hydrogen) atoms. The number of fused-ring (bicyclic) bond motifs is 1. The number of hydrogen-bond acceptors (Lipinski definition) is 3. The van der Waals surface area contributed by atoms with E-state index in [2.05, 4.69) is 17.2 Å². The van der Waals surface area contributed by atoms with Crippen molar-refractivity contribution >= 4 is 11.6 Å². The molecule has 1 atom stereocenters. The summed E-state index contributed by atoms with van der Waals surface area (Å²) in [4.78, 5) is 30.1. The number of carbonyl (C=O) groups excluding carboxylic acids is 1. The molecule has 4 aliphatic carbocycles. The highest BCUT2D eigenvalue weighted by Gasteiger charge is 2.53. The Kier molecular flexibility index (Phi) is 3.72. The molecule has 4 bridgehead atoms. The third-order valence-corrected chi connectivity index (χ3v) is 7.45. The van der Waals surface area contributed by atoms with Crippen LogP contribution in [0.1, 0.15) is 61.4 Å². The molecule has 0 spiro atoms. The van der Waals surface area contributed by atoms with E-state index in [1.54, 1.807) is 12.3 Å². The number of pyridine rings is 1. The predicted octanol–water partition coefficient (Wildman–Crippen LogP) is 3.34. The molecule has 142 valence electrons. The molecule has 6 rings (SSSR count). The van der Waals surface area contributed by atoms with Crippen LogP contribution in [0.5, 0.6) is 0 Å². The highest BCUT2D eigenvalue weighted by molar-refractivity contribution is 5.94. The first-order valence-electron chi connectivity index (χ1n) is 10.2. The summed E-state index contributed by atoms with van der Waals surface area (Å²) < 4.78 is 1.47. The zero-order chi connectivity index (χ0) is 18.8. The van der Waals surface area contributed by atoms with Crippen molar-refractivity contribution in [1.82, 2.24) is 14.7 Å². The summed E-state index contributed by atoms with van der Waals surface area (Å²) in [5.74, 6) is 2.23. The number of rotatable bonds is 3. The number of nitrogens with zero attached hydrogens (tertiary/aromatic N) is 2. The summed E-state index contributed by atoms with van der Waals surface area (Å²) in [7, 11) is 0. The van der Waals surface area contributed by atoms with Crippen LogP contribution in [0.3, 0.4) is 0 Å². The van der Waals surface area contributed by atoms with Gasteiger partial charge in [-0.1, -0.05) is 6.07 Å². The average molecular weight is 365 g/mol. The molecule has 0 saturated heterocycles. The van der Waals surface area contributed by atoms with E-state index in [1.165, 1.54) is 49.1 Å². The molecular weight excluding hydrogens is 338 g/mol. The SMILES string of the molecule is Cc1ccc2ncc(C(=O)NC(C)C34CC5CC(CC(C5)C3)C4)c(=O)n2c1. The lowest BCUT2D eigenvalue weighted by atomic mass is 9.48. The van der Waals surface area contributed by atoms with E-state index in [0.717, 1.165) is 23.3 Å². The van der Waals surface area contributed by atoms with E-state index in [1.807, 2.05) is 13.0 Å². The number of nitrogens with one attached hydrogen (secondary N) is 1. The predicted molar refractivity (Wildman–Crippen MR) is 104 cm³/mol. The third-order valence-electron chi connectivity index (χ3n) is 7.45. The first kappa shape index (κ1) is 17.0. The quantitative estimate of drug-likeness (QED) is 0.907. The fourth-order valence-corrected chi connectivity index (χ4v) is 6.47. The first-order valence-corrected chi connectivity index (χ1v) is 10.2. The van der Waals surface area contributed by atoms with Crippen LogP contribution in [0, 0.1) is 30.1 Å². The molecule has 2 aromatic rings. The third kappa shape index (κ3) is 2.70. The summed E-state index contributed by atoms with van der Waals surface area (Å²) in [6, 6.07) is 3.81. The lowest BCUT2D eigenvalue weighted by Gasteiger charge is -2.59. The molecule has 2 aromatic heterocycles. The normalized spacial score (nSPS) is 32.6. The van der Waals surface area contributed by atoms with Crippen molar-refractivity contribution in [3.05, 3.63) is 46.0 Å². The van der Waals surface area contributed by atoms with Gasteiger partial charge in [-0.2, -0.15) is 0 Å². The Morgan fingerprint density at radius 3 is 2.44 bits per heavy atom. The van der Waals surface area contributed by atoms with Gasteiger partial charge in [0.25, 0.3) is 11.5 Å². The van der Waals surface area contributed by atoms with Gasteiger partial charge in [0.05, 0.1) is 0 Å². The van der Waals surface area contributed by atoms with Crippen LogP contribution < -0.4 is 10.9 Å². The Balaban J connectivity index is 1.41. The first-order chi connectivity index (χ1) is 12.9. The van der Waals surface area contributed by atoms with Gasteiger partial charge in [0, 0.05) is 18.4 Å². The number of aromatic nitrogens is 2. The summed E-state index contributed by atoms with van der Waals surface area (Å²) in [6.45, 7) is 4.06. The van der Waals surface area contributed by atoms with Crippen molar-refractivity contribution in [3.63, 3.8) is 0 Å². The summed E-state index contributed by atoms with van der Waals surface area (Å²) in [6.07, 6.45) is 11.0. The highest BCUT2D eigenvalue weighted by atomic mass is 16.2. The molecule has 4 aliphatic rings. The lowest BCUT2D eigenvalue weighted by Crippen LogP contribution is -2.56. The van der Waals surface area contributed by atoms with Crippen LogP contribution in [-0.2, 0) is 0 Å².